The molecule has 1 heterocycles. The number of nitrogens with zero attached hydrogens (tertiary/aromatic N) is 1. The zero-order valence-electron chi connectivity index (χ0n) is 9.94. The standard InChI is InChI=1S/C14H15FN2/c1-9-4-3-5-11(10(9)2)14(16)12-6-7-17-8-13(12)15/h3-8,14H,16H2,1-2H3. The Labute approximate surface area is 100 Å². The summed E-state index contributed by atoms with van der Waals surface area (Å²) in [6.07, 6.45) is 2.75. The molecule has 0 aliphatic carbocycles. The molecule has 2 rings (SSSR count). The van der Waals surface area contributed by atoms with Crippen molar-refractivity contribution in [1.82, 2.24) is 4.98 Å². The van der Waals surface area contributed by atoms with E-state index in [2.05, 4.69) is 4.98 Å². The van der Waals surface area contributed by atoms with Gasteiger partial charge in [0.05, 0.1) is 12.2 Å². The van der Waals surface area contributed by atoms with E-state index in [1.54, 1.807) is 12.3 Å². The molecule has 0 amide bonds. The van der Waals surface area contributed by atoms with Crippen molar-refractivity contribution >= 4 is 0 Å². The van der Waals surface area contributed by atoms with E-state index in [4.69, 9.17) is 5.73 Å². The number of nitrogens with two attached hydrogens (primary N) is 1. The normalized spacial score (nSPS) is 12.5. The third kappa shape index (κ3) is 2.19. The molecule has 2 nitrogen and oxygen atoms in total. The van der Waals surface area contributed by atoms with Crippen LogP contribution in [0.1, 0.15) is 28.3 Å². The third-order valence-corrected chi connectivity index (χ3v) is 3.12. The average Bonchev–Trinajstić information content (AvgIpc) is 2.32. The van der Waals surface area contributed by atoms with Gasteiger partial charge in [0.2, 0.25) is 0 Å². The number of halogens is 1. The highest BCUT2D eigenvalue weighted by Crippen LogP contribution is 2.25. The molecule has 0 saturated heterocycles. The van der Waals surface area contributed by atoms with E-state index in [0.717, 1.165) is 16.7 Å². The topological polar surface area (TPSA) is 38.9 Å². The van der Waals surface area contributed by atoms with Gasteiger partial charge in [-0.05, 0) is 36.6 Å². The first-order valence-corrected chi connectivity index (χ1v) is 5.52. The van der Waals surface area contributed by atoms with Gasteiger partial charge in [-0.25, -0.2) is 4.39 Å². The zero-order valence-corrected chi connectivity index (χ0v) is 9.94. The summed E-state index contributed by atoms with van der Waals surface area (Å²) in [5.41, 5.74) is 9.82. The minimum absolute atomic E-state index is 0.360. The highest BCUT2D eigenvalue weighted by Gasteiger charge is 2.15. The molecule has 1 atom stereocenters. The molecular weight excluding hydrogens is 215 g/mol. The van der Waals surface area contributed by atoms with Crippen LogP contribution in [0.3, 0.4) is 0 Å². The molecule has 2 aromatic rings. The fourth-order valence-electron chi connectivity index (χ4n) is 1.92. The van der Waals surface area contributed by atoms with Crippen LogP contribution < -0.4 is 5.73 Å². The van der Waals surface area contributed by atoms with Crippen LogP contribution in [0.25, 0.3) is 0 Å². The second kappa shape index (κ2) is 4.63. The Morgan fingerprint density at radius 3 is 2.65 bits per heavy atom. The fourth-order valence-corrected chi connectivity index (χ4v) is 1.92. The van der Waals surface area contributed by atoms with Crippen LogP contribution in [0.15, 0.2) is 36.7 Å². The van der Waals surface area contributed by atoms with Gasteiger partial charge in [-0.3, -0.25) is 4.98 Å². The first-order valence-electron chi connectivity index (χ1n) is 5.52. The summed E-state index contributed by atoms with van der Waals surface area (Å²) in [4.78, 5) is 3.73. The molecule has 0 saturated carbocycles. The van der Waals surface area contributed by atoms with Gasteiger partial charge in [0.1, 0.15) is 5.82 Å². The first kappa shape index (κ1) is 11.7. The monoisotopic (exact) mass is 230 g/mol. The molecule has 3 heteroatoms. The summed E-state index contributed by atoms with van der Waals surface area (Å²) in [7, 11) is 0. The summed E-state index contributed by atoms with van der Waals surface area (Å²) in [6, 6.07) is 7.08. The van der Waals surface area contributed by atoms with E-state index in [0.29, 0.717) is 5.56 Å². The van der Waals surface area contributed by atoms with Crippen LogP contribution in [0.2, 0.25) is 0 Å². The summed E-state index contributed by atoms with van der Waals surface area (Å²) < 4.78 is 13.6. The number of rotatable bonds is 2. The maximum Gasteiger partial charge on any atom is 0.146 e. The van der Waals surface area contributed by atoms with Crippen LogP contribution in [-0.2, 0) is 0 Å². The van der Waals surface area contributed by atoms with Crippen LogP contribution >= 0.6 is 0 Å². The molecule has 0 aliphatic rings. The van der Waals surface area contributed by atoms with Gasteiger partial charge >= 0.3 is 0 Å². The number of aromatic nitrogens is 1. The molecule has 0 bridgehead atoms. The van der Waals surface area contributed by atoms with Crippen LogP contribution in [0.5, 0.6) is 0 Å². The van der Waals surface area contributed by atoms with Gasteiger partial charge < -0.3 is 5.73 Å². The molecule has 0 aliphatic heterocycles. The van der Waals surface area contributed by atoms with Gasteiger partial charge in [0.15, 0.2) is 0 Å². The first-order chi connectivity index (χ1) is 8.11. The van der Waals surface area contributed by atoms with Crippen molar-refractivity contribution in [1.29, 1.82) is 0 Å². The number of hydrogen-bond acceptors (Lipinski definition) is 2. The van der Waals surface area contributed by atoms with Crippen molar-refractivity contribution in [2.45, 2.75) is 19.9 Å². The van der Waals surface area contributed by atoms with E-state index in [1.807, 2.05) is 32.0 Å². The maximum atomic E-state index is 13.6. The van der Waals surface area contributed by atoms with Crippen molar-refractivity contribution in [3.05, 3.63) is 64.7 Å². The Balaban J connectivity index is 2.48. The number of hydrogen-bond donors (Lipinski definition) is 1. The molecule has 1 aromatic heterocycles. The predicted molar refractivity (Wildman–Crippen MR) is 66.1 cm³/mol. The highest BCUT2D eigenvalue weighted by molar-refractivity contribution is 5.40. The smallest absolute Gasteiger partial charge is 0.146 e. The zero-order chi connectivity index (χ0) is 12.4. The van der Waals surface area contributed by atoms with Gasteiger partial charge in [-0.15, -0.1) is 0 Å². The minimum Gasteiger partial charge on any atom is -0.320 e. The van der Waals surface area contributed by atoms with E-state index >= 15 is 0 Å². The number of benzene rings is 1. The van der Waals surface area contributed by atoms with Crippen molar-refractivity contribution in [2.75, 3.05) is 0 Å². The van der Waals surface area contributed by atoms with Gasteiger partial charge in [-0.2, -0.15) is 0 Å². The number of pyridine rings is 1. The van der Waals surface area contributed by atoms with E-state index < -0.39 is 6.04 Å². The predicted octanol–water partition coefficient (Wildman–Crippen LogP) is 2.89. The summed E-state index contributed by atoms with van der Waals surface area (Å²) in [5, 5.41) is 0. The molecule has 0 radical (unpaired) electrons. The van der Waals surface area contributed by atoms with E-state index in [-0.39, 0.29) is 5.82 Å². The Morgan fingerprint density at radius 2 is 1.94 bits per heavy atom. The van der Waals surface area contributed by atoms with Crippen molar-refractivity contribution in [3.8, 4) is 0 Å². The summed E-state index contributed by atoms with van der Waals surface area (Å²) >= 11 is 0. The molecule has 0 spiro atoms. The molecule has 17 heavy (non-hydrogen) atoms. The van der Waals surface area contributed by atoms with Crippen LogP contribution in [0, 0.1) is 19.7 Å². The Kier molecular flexibility index (Phi) is 3.20. The van der Waals surface area contributed by atoms with E-state index in [9.17, 15) is 4.39 Å². The highest BCUT2D eigenvalue weighted by atomic mass is 19.1. The van der Waals surface area contributed by atoms with Gasteiger partial charge in [-0.1, -0.05) is 18.2 Å². The Morgan fingerprint density at radius 1 is 1.18 bits per heavy atom. The molecule has 88 valence electrons. The Hall–Kier alpha value is -1.74. The lowest BCUT2D eigenvalue weighted by Crippen LogP contribution is -2.15. The van der Waals surface area contributed by atoms with Gasteiger partial charge in [0.25, 0.3) is 0 Å². The lowest BCUT2D eigenvalue weighted by atomic mass is 9.94. The molecule has 0 fully saturated rings. The average molecular weight is 230 g/mol. The Bertz CT molecular complexity index is 537. The van der Waals surface area contributed by atoms with Crippen LogP contribution in [-0.4, -0.2) is 4.98 Å². The van der Waals surface area contributed by atoms with Crippen molar-refractivity contribution in [3.63, 3.8) is 0 Å². The van der Waals surface area contributed by atoms with E-state index in [1.165, 1.54) is 6.20 Å². The minimum atomic E-state index is -0.446. The lowest BCUT2D eigenvalue weighted by Gasteiger charge is -2.16. The van der Waals surface area contributed by atoms with Gasteiger partial charge in [0, 0.05) is 11.8 Å². The van der Waals surface area contributed by atoms with Crippen molar-refractivity contribution in [2.24, 2.45) is 5.73 Å². The molecule has 2 N–H and O–H groups in total. The third-order valence-electron chi connectivity index (χ3n) is 3.12. The molecular formula is C14H15FN2. The number of aryl methyl sites for hydroxylation is 1. The maximum absolute atomic E-state index is 13.6. The van der Waals surface area contributed by atoms with Crippen molar-refractivity contribution < 1.29 is 4.39 Å². The van der Waals surface area contributed by atoms with Crippen LogP contribution in [0.4, 0.5) is 4.39 Å². The largest absolute Gasteiger partial charge is 0.320 e. The second-order valence-corrected chi connectivity index (χ2v) is 4.16. The second-order valence-electron chi connectivity index (χ2n) is 4.16. The fraction of sp³-hybridized carbons (Fsp3) is 0.214. The quantitative estimate of drug-likeness (QED) is 0.861. The summed E-state index contributed by atoms with van der Waals surface area (Å²) in [5.74, 6) is -0.360. The molecule has 1 aromatic carbocycles. The summed E-state index contributed by atoms with van der Waals surface area (Å²) in [6.45, 7) is 4.03. The molecule has 1 unspecified atom stereocenters. The lowest BCUT2D eigenvalue weighted by molar-refractivity contribution is 0.593. The SMILES string of the molecule is Cc1cccc(C(N)c2ccncc2F)c1C.